The maximum Gasteiger partial charge on any atom is 0.155 e. The van der Waals surface area contributed by atoms with Crippen molar-refractivity contribution in [3.63, 3.8) is 0 Å². The molecular weight excluding hydrogens is 216 g/mol. The van der Waals surface area contributed by atoms with E-state index in [9.17, 15) is 4.79 Å². The minimum absolute atomic E-state index is 0.116. The summed E-state index contributed by atoms with van der Waals surface area (Å²) < 4.78 is -0.161. The molecule has 68 valence electrons. The van der Waals surface area contributed by atoms with Crippen molar-refractivity contribution in [1.29, 1.82) is 0 Å². The molecule has 2 fully saturated rings. The fourth-order valence-electron chi connectivity index (χ4n) is 2.83. The van der Waals surface area contributed by atoms with Gasteiger partial charge in [0.15, 0.2) is 5.78 Å². The Morgan fingerprint density at radius 1 is 1.25 bits per heavy atom. The Balaban J connectivity index is 2.51. The minimum atomic E-state index is -0.161. The van der Waals surface area contributed by atoms with Crippen LogP contribution in [0, 0.1) is 10.8 Å². The van der Waals surface area contributed by atoms with Crippen molar-refractivity contribution in [1.82, 2.24) is 0 Å². The summed E-state index contributed by atoms with van der Waals surface area (Å²) in [6.45, 7) is 6.44. The van der Waals surface area contributed by atoms with Gasteiger partial charge in [0.05, 0.1) is 4.32 Å². The van der Waals surface area contributed by atoms with E-state index in [4.69, 9.17) is 0 Å². The van der Waals surface area contributed by atoms with Gasteiger partial charge in [0, 0.05) is 5.41 Å². The quantitative estimate of drug-likeness (QED) is 0.586. The van der Waals surface area contributed by atoms with Gasteiger partial charge in [-0.25, -0.2) is 0 Å². The average Bonchev–Trinajstić information content (AvgIpc) is 2.32. The molecule has 2 saturated carbocycles. The monoisotopic (exact) mass is 230 g/mol. The molecule has 0 radical (unpaired) electrons. The third-order valence-corrected chi connectivity index (χ3v) is 5.26. The lowest BCUT2D eigenvalue weighted by Gasteiger charge is -2.38. The predicted molar refractivity (Wildman–Crippen MR) is 52.4 cm³/mol. The first kappa shape index (κ1) is 8.74. The Kier molecular flexibility index (Phi) is 1.43. The molecule has 1 nitrogen and oxygen atoms in total. The summed E-state index contributed by atoms with van der Waals surface area (Å²) in [6.07, 6.45) is 3.26. The summed E-state index contributed by atoms with van der Waals surface area (Å²) in [6, 6.07) is 0. The van der Waals surface area contributed by atoms with E-state index in [2.05, 4.69) is 36.7 Å². The molecule has 2 rings (SSSR count). The molecule has 0 aromatic carbocycles. The van der Waals surface area contributed by atoms with E-state index < -0.39 is 0 Å². The van der Waals surface area contributed by atoms with E-state index in [1.54, 1.807) is 0 Å². The first-order chi connectivity index (χ1) is 5.32. The maximum absolute atomic E-state index is 12.0. The van der Waals surface area contributed by atoms with Crippen LogP contribution in [0.5, 0.6) is 0 Å². The number of halogens is 1. The van der Waals surface area contributed by atoms with E-state index in [1.165, 1.54) is 6.42 Å². The molecular formula is C10H15BrO. The molecule has 2 bridgehead atoms. The van der Waals surface area contributed by atoms with E-state index in [0.29, 0.717) is 5.78 Å². The predicted octanol–water partition coefficient (Wildman–Crippen LogP) is 2.92. The molecule has 2 aliphatic rings. The summed E-state index contributed by atoms with van der Waals surface area (Å²) in [5, 5.41) is 0. The van der Waals surface area contributed by atoms with Gasteiger partial charge in [0.2, 0.25) is 0 Å². The Morgan fingerprint density at radius 2 is 1.83 bits per heavy atom. The molecule has 12 heavy (non-hydrogen) atoms. The SMILES string of the molecule is CC1(C)C(=O)[C@]2(Br)CC[C@]1(C)C2. The van der Waals surface area contributed by atoms with Crippen LogP contribution in [0.2, 0.25) is 0 Å². The summed E-state index contributed by atoms with van der Waals surface area (Å²) in [4.78, 5) is 12.0. The molecule has 0 amide bonds. The zero-order chi connectivity index (χ0) is 9.20. The van der Waals surface area contributed by atoms with Crippen molar-refractivity contribution >= 4 is 21.7 Å². The Bertz CT molecular complexity index is 259. The third kappa shape index (κ3) is 0.729. The van der Waals surface area contributed by atoms with Gasteiger partial charge in [-0.15, -0.1) is 0 Å². The highest BCUT2D eigenvalue weighted by Crippen LogP contribution is 2.66. The Hall–Kier alpha value is 0.150. The number of rotatable bonds is 0. The molecule has 0 heterocycles. The van der Waals surface area contributed by atoms with Crippen molar-refractivity contribution in [3.8, 4) is 0 Å². The van der Waals surface area contributed by atoms with E-state index in [-0.39, 0.29) is 15.2 Å². The van der Waals surface area contributed by atoms with Crippen molar-refractivity contribution < 1.29 is 4.79 Å². The summed E-state index contributed by atoms with van der Waals surface area (Å²) in [7, 11) is 0. The highest BCUT2D eigenvalue weighted by atomic mass is 79.9. The number of fused-ring (bicyclic) bond motifs is 2. The van der Waals surface area contributed by atoms with Crippen molar-refractivity contribution in [2.75, 3.05) is 0 Å². The highest BCUT2D eigenvalue weighted by molar-refractivity contribution is 9.10. The molecule has 2 aliphatic carbocycles. The van der Waals surface area contributed by atoms with Gasteiger partial charge in [-0.2, -0.15) is 0 Å². The normalized spacial score (nSPS) is 50.2. The van der Waals surface area contributed by atoms with Gasteiger partial charge in [-0.05, 0) is 24.7 Å². The van der Waals surface area contributed by atoms with Gasteiger partial charge < -0.3 is 0 Å². The zero-order valence-corrected chi connectivity index (χ0v) is 9.49. The average molecular weight is 231 g/mol. The smallest absolute Gasteiger partial charge is 0.155 e. The maximum atomic E-state index is 12.0. The first-order valence-corrected chi connectivity index (χ1v) is 5.35. The van der Waals surface area contributed by atoms with Crippen LogP contribution in [0.1, 0.15) is 40.0 Å². The van der Waals surface area contributed by atoms with Crippen molar-refractivity contribution in [3.05, 3.63) is 0 Å². The van der Waals surface area contributed by atoms with Crippen LogP contribution in [-0.2, 0) is 4.79 Å². The minimum Gasteiger partial charge on any atom is -0.297 e. The molecule has 0 N–H and O–H groups in total. The molecule has 0 aromatic rings. The topological polar surface area (TPSA) is 17.1 Å². The molecule has 0 saturated heterocycles. The zero-order valence-electron chi connectivity index (χ0n) is 7.91. The number of carbonyl (C=O) groups is 1. The second kappa shape index (κ2) is 1.97. The number of carbonyl (C=O) groups excluding carboxylic acids is 1. The summed E-state index contributed by atoms with van der Waals surface area (Å²) in [5.74, 6) is 0.420. The van der Waals surface area contributed by atoms with Gasteiger partial charge in [0.25, 0.3) is 0 Å². The number of Topliss-reactive ketones (excluding diaryl/α,β-unsaturated/α-hetero) is 1. The Morgan fingerprint density at radius 3 is 2.08 bits per heavy atom. The second-order valence-corrected chi connectivity index (χ2v) is 6.67. The van der Waals surface area contributed by atoms with Gasteiger partial charge >= 0.3 is 0 Å². The fourth-order valence-corrected chi connectivity index (χ4v) is 4.14. The van der Waals surface area contributed by atoms with Crippen LogP contribution < -0.4 is 0 Å². The van der Waals surface area contributed by atoms with Crippen LogP contribution >= 0.6 is 15.9 Å². The summed E-state index contributed by atoms with van der Waals surface area (Å²) in [5.41, 5.74) is 0.127. The van der Waals surface area contributed by atoms with Crippen LogP contribution in [0.4, 0.5) is 0 Å². The molecule has 2 heteroatoms. The molecule has 0 spiro atoms. The second-order valence-electron chi connectivity index (χ2n) is 5.16. The molecule has 2 atom stereocenters. The third-order valence-electron chi connectivity index (χ3n) is 4.23. The van der Waals surface area contributed by atoms with Crippen LogP contribution in [-0.4, -0.2) is 10.1 Å². The van der Waals surface area contributed by atoms with E-state index >= 15 is 0 Å². The molecule has 0 aliphatic heterocycles. The lowest BCUT2D eigenvalue weighted by molar-refractivity contribution is -0.131. The number of ketones is 1. The lowest BCUT2D eigenvalue weighted by Crippen LogP contribution is -2.41. The molecule has 0 unspecified atom stereocenters. The Labute approximate surface area is 82.0 Å². The largest absolute Gasteiger partial charge is 0.297 e. The first-order valence-electron chi connectivity index (χ1n) is 4.56. The number of hydrogen-bond donors (Lipinski definition) is 0. The van der Waals surface area contributed by atoms with Crippen molar-refractivity contribution in [2.45, 2.75) is 44.4 Å². The van der Waals surface area contributed by atoms with Gasteiger partial charge in [-0.1, -0.05) is 36.7 Å². The summed E-state index contributed by atoms with van der Waals surface area (Å²) >= 11 is 3.61. The lowest BCUT2D eigenvalue weighted by atomic mass is 9.66. The standard InChI is InChI=1S/C10H15BrO/c1-8(2)7(12)10(11)5-4-9(8,3)6-10/h4-6H2,1-3H3/t9-,10+/m1/s1. The van der Waals surface area contributed by atoms with Crippen LogP contribution in [0.15, 0.2) is 0 Å². The van der Waals surface area contributed by atoms with Crippen LogP contribution in [0.25, 0.3) is 0 Å². The fraction of sp³-hybridized carbons (Fsp3) is 0.900. The molecule has 0 aromatic heterocycles. The number of alkyl halides is 1. The highest BCUT2D eigenvalue weighted by Gasteiger charge is 2.66. The van der Waals surface area contributed by atoms with Gasteiger partial charge in [-0.3, -0.25) is 4.79 Å². The number of hydrogen-bond acceptors (Lipinski definition) is 1. The van der Waals surface area contributed by atoms with Gasteiger partial charge in [0.1, 0.15) is 0 Å². The van der Waals surface area contributed by atoms with E-state index in [1.807, 2.05) is 0 Å². The van der Waals surface area contributed by atoms with Crippen LogP contribution in [0.3, 0.4) is 0 Å². The van der Waals surface area contributed by atoms with E-state index in [0.717, 1.165) is 12.8 Å². The van der Waals surface area contributed by atoms with Crippen molar-refractivity contribution in [2.24, 2.45) is 10.8 Å².